The molecule has 1 aliphatic rings. The molecule has 3 rings (SSSR count). The summed E-state index contributed by atoms with van der Waals surface area (Å²) in [5.41, 5.74) is 2.00. The van der Waals surface area contributed by atoms with Crippen molar-refractivity contribution in [2.45, 2.75) is 23.1 Å². The summed E-state index contributed by atoms with van der Waals surface area (Å²) in [5, 5.41) is 8.44. The number of benzene rings is 2. The fourth-order valence-electron chi connectivity index (χ4n) is 2.76. The molecule has 6 heteroatoms. The van der Waals surface area contributed by atoms with Crippen molar-refractivity contribution in [3.8, 4) is 0 Å². The minimum absolute atomic E-state index is 0.0469. The number of carboxylic acid groups (broad SMARTS) is 1. The Morgan fingerprint density at radius 2 is 1.88 bits per heavy atom. The largest absolute Gasteiger partial charge is 0.480 e. The van der Waals surface area contributed by atoms with Gasteiger partial charge in [-0.3, -0.25) is 9.59 Å². The molecule has 0 aliphatic carbocycles. The molecule has 0 aromatic heterocycles. The SMILES string of the molecule is C[C@H](SCC(=O)N1c2ccccc2SC[C@H]1c1ccccc1)C(=O)O. The van der Waals surface area contributed by atoms with Crippen LogP contribution in [0.25, 0.3) is 0 Å². The molecule has 0 saturated carbocycles. The molecule has 0 unspecified atom stereocenters. The minimum Gasteiger partial charge on any atom is -0.480 e. The number of anilines is 1. The number of fused-ring (bicyclic) bond motifs is 1. The average Bonchev–Trinajstić information content (AvgIpc) is 2.65. The number of carboxylic acids is 1. The molecule has 4 nitrogen and oxygen atoms in total. The zero-order valence-electron chi connectivity index (χ0n) is 13.8. The van der Waals surface area contributed by atoms with Crippen LogP contribution >= 0.6 is 23.5 Å². The number of thioether (sulfide) groups is 2. The molecule has 0 saturated heterocycles. The Kier molecular flexibility index (Phi) is 5.71. The van der Waals surface area contributed by atoms with E-state index in [1.54, 1.807) is 18.7 Å². The van der Waals surface area contributed by atoms with E-state index in [1.165, 1.54) is 0 Å². The van der Waals surface area contributed by atoms with Crippen molar-refractivity contribution in [1.82, 2.24) is 0 Å². The Balaban J connectivity index is 1.89. The Bertz CT molecular complexity index is 766. The predicted molar refractivity (Wildman–Crippen MR) is 103 cm³/mol. The summed E-state index contributed by atoms with van der Waals surface area (Å²) < 4.78 is 0. The minimum atomic E-state index is -0.896. The lowest BCUT2D eigenvalue weighted by Gasteiger charge is -2.37. The molecular weight excluding hydrogens is 354 g/mol. The van der Waals surface area contributed by atoms with Gasteiger partial charge < -0.3 is 10.0 Å². The first-order valence-corrected chi connectivity index (χ1v) is 10.0. The summed E-state index contributed by atoms with van der Waals surface area (Å²) in [6.07, 6.45) is 0. The third kappa shape index (κ3) is 4.02. The summed E-state index contributed by atoms with van der Waals surface area (Å²) in [5.74, 6) is -0.0199. The van der Waals surface area contributed by atoms with Gasteiger partial charge in [-0.15, -0.1) is 23.5 Å². The zero-order chi connectivity index (χ0) is 17.8. The second-order valence-electron chi connectivity index (χ2n) is 5.76. The van der Waals surface area contributed by atoms with Crippen LogP contribution in [0.15, 0.2) is 59.5 Å². The van der Waals surface area contributed by atoms with Gasteiger partial charge in [0.05, 0.1) is 22.7 Å². The molecule has 2 aromatic carbocycles. The van der Waals surface area contributed by atoms with Crippen molar-refractivity contribution in [2.24, 2.45) is 0 Å². The smallest absolute Gasteiger partial charge is 0.316 e. The molecule has 1 amide bonds. The second-order valence-corrected chi connectivity index (χ2v) is 8.15. The van der Waals surface area contributed by atoms with Gasteiger partial charge in [-0.25, -0.2) is 0 Å². The van der Waals surface area contributed by atoms with Crippen LogP contribution in [0.2, 0.25) is 0 Å². The number of hydrogen-bond acceptors (Lipinski definition) is 4. The highest BCUT2D eigenvalue weighted by Crippen LogP contribution is 2.43. The van der Waals surface area contributed by atoms with Gasteiger partial charge in [-0.05, 0) is 24.6 Å². The van der Waals surface area contributed by atoms with Crippen molar-refractivity contribution in [1.29, 1.82) is 0 Å². The number of rotatable bonds is 5. The van der Waals surface area contributed by atoms with Crippen LogP contribution in [0.4, 0.5) is 5.69 Å². The number of nitrogens with zero attached hydrogens (tertiary/aromatic N) is 1. The molecule has 0 radical (unpaired) electrons. The third-order valence-electron chi connectivity index (χ3n) is 4.09. The van der Waals surface area contributed by atoms with E-state index in [2.05, 4.69) is 0 Å². The number of carbonyl (C=O) groups excluding carboxylic acids is 1. The third-order valence-corrected chi connectivity index (χ3v) is 6.34. The van der Waals surface area contributed by atoms with Crippen molar-refractivity contribution in [3.05, 3.63) is 60.2 Å². The lowest BCUT2D eigenvalue weighted by atomic mass is 10.1. The van der Waals surface area contributed by atoms with Gasteiger partial charge in [-0.1, -0.05) is 42.5 Å². The van der Waals surface area contributed by atoms with Gasteiger partial charge in [0.2, 0.25) is 5.91 Å². The molecule has 1 N–H and O–H groups in total. The van der Waals surface area contributed by atoms with Crippen LogP contribution < -0.4 is 4.90 Å². The molecule has 130 valence electrons. The molecule has 0 bridgehead atoms. The van der Waals surface area contributed by atoms with Crippen LogP contribution in [0.5, 0.6) is 0 Å². The molecule has 0 spiro atoms. The highest BCUT2D eigenvalue weighted by Gasteiger charge is 2.32. The quantitative estimate of drug-likeness (QED) is 0.856. The summed E-state index contributed by atoms with van der Waals surface area (Å²) in [6.45, 7) is 1.61. The summed E-state index contributed by atoms with van der Waals surface area (Å²) in [6, 6.07) is 17.8. The van der Waals surface area contributed by atoms with Crippen molar-refractivity contribution < 1.29 is 14.7 Å². The van der Waals surface area contributed by atoms with Crippen molar-refractivity contribution >= 4 is 41.1 Å². The van der Waals surface area contributed by atoms with Crippen molar-refractivity contribution in [2.75, 3.05) is 16.4 Å². The molecule has 2 aromatic rings. The lowest BCUT2D eigenvalue weighted by Crippen LogP contribution is -2.40. The predicted octanol–water partition coefficient (Wildman–Crippen LogP) is 4.07. The van der Waals surface area contributed by atoms with Crippen LogP contribution in [0.1, 0.15) is 18.5 Å². The number of amides is 1. The first kappa shape index (κ1) is 17.9. The van der Waals surface area contributed by atoms with E-state index in [9.17, 15) is 9.59 Å². The number of para-hydroxylation sites is 1. The summed E-state index contributed by atoms with van der Waals surface area (Å²) in [7, 11) is 0. The van der Waals surface area contributed by atoms with E-state index >= 15 is 0 Å². The standard InChI is InChI=1S/C19H19NO3S2/c1-13(19(22)23)24-12-18(21)20-15-9-5-6-10-17(15)25-11-16(20)14-7-3-2-4-8-14/h2-10,13,16H,11-12H2,1H3,(H,22,23)/t13-,16-/m0/s1. The average molecular weight is 373 g/mol. The van der Waals surface area contributed by atoms with E-state index in [0.29, 0.717) is 0 Å². The number of aliphatic carboxylic acids is 1. The topological polar surface area (TPSA) is 57.6 Å². The monoisotopic (exact) mass is 373 g/mol. The number of carbonyl (C=O) groups is 2. The summed E-state index contributed by atoms with van der Waals surface area (Å²) >= 11 is 2.91. The van der Waals surface area contributed by atoms with E-state index in [4.69, 9.17) is 5.11 Å². The zero-order valence-corrected chi connectivity index (χ0v) is 15.4. The Hall–Kier alpha value is -1.92. The van der Waals surface area contributed by atoms with Gasteiger partial charge in [0.25, 0.3) is 0 Å². The molecule has 1 aliphatic heterocycles. The van der Waals surface area contributed by atoms with E-state index in [1.807, 2.05) is 59.5 Å². The van der Waals surface area contributed by atoms with E-state index in [-0.39, 0.29) is 17.7 Å². The van der Waals surface area contributed by atoms with Crippen LogP contribution in [0.3, 0.4) is 0 Å². The molecule has 2 atom stereocenters. The van der Waals surface area contributed by atoms with E-state index in [0.717, 1.165) is 33.7 Å². The second kappa shape index (κ2) is 7.97. The Labute approximate surface area is 155 Å². The highest BCUT2D eigenvalue weighted by molar-refractivity contribution is 8.01. The lowest BCUT2D eigenvalue weighted by molar-refractivity contribution is -0.136. The fraction of sp³-hybridized carbons (Fsp3) is 0.263. The van der Waals surface area contributed by atoms with Crippen molar-refractivity contribution in [3.63, 3.8) is 0 Å². The highest BCUT2D eigenvalue weighted by atomic mass is 32.2. The van der Waals surface area contributed by atoms with Gasteiger partial charge in [0.1, 0.15) is 0 Å². The van der Waals surface area contributed by atoms with Crippen LogP contribution in [0, 0.1) is 0 Å². The molecule has 0 fully saturated rings. The van der Waals surface area contributed by atoms with Gasteiger partial charge in [0.15, 0.2) is 0 Å². The molecule has 25 heavy (non-hydrogen) atoms. The number of hydrogen-bond donors (Lipinski definition) is 1. The first-order chi connectivity index (χ1) is 12.1. The van der Waals surface area contributed by atoms with Gasteiger partial charge in [-0.2, -0.15) is 0 Å². The van der Waals surface area contributed by atoms with Crippen LogP contribution in [-0.2, 0) is 9.59 Å². The molecule has 1 heterocycles. The Morgan fingerprint density at radius 1 is 1.20 bits per heavy atom. The molecular formula is C19H19NO3S2. The maximum Gasteiger partial charge on any atom is 0.316 e. The van der Waals surface area contributed by atoms with Crippen LogP contribution in [-0.4, -0.2) is 33.7 Å². The van der Waals surface area contributed by atoms with E-state index < -0.39 is 11.2 Å². The van der Waals surface area contributed by atoms with Gasteiger partial charge in [0, 0.05) is 10.6 Å². The normalized spacial score (nSPS) is 17.6. The van der Waals surface area contributed by atoms with Gasteiger partial charge >= 0.3 is 5.97 Å². The maximum absolute atomic E-state index is 13.0. The Morgan fingerprint density at radius 3 is 2.60 bits per heavy atom. The fourth-order valence-corrected chi connectivity index (χ4v) is 4.60. The maximum atomic E-state index is 13.0. The first-order valence-electron chi connectivity index (χ1n) is 8.01. The summed E-state index contributed by atoms with van der Waals surface area (Å²) in [4.78, 5) is 26.9.